The Morgan fingerprint density at radius 2 is 2.16 bits per heavy atom. The molecule has 0 saturated carbocycles. The van der Waals surface area contributed by atoms with Crippen LogP contribution in [-0.2, 0) is 6.54 Å². The number of halogens is 1. The van der Waals surface area contributed by atoms with Crippen LogP contribution in [0.5, 0.6) is 5.75 Å². The molecule has 3 rings (SSSR count). The molecule has 3 nitrogen and oxygen atoms in total. The van der Waals surface area contributed by atoms with Crippen LogP contribution in [0.3, 0.4) is 0 Å². The van der Waals surface area contributed by atoms with E-state index in [0.29, 0.717) is 6.61 Å². The Balaban J connectivity index is 1.92. The van der Waals surface area contributed by atoms with Gasteiger partial charge in [-0.25, -0.2) is 4.98 Å². The maximum absolute atomic E-state index is 5.78. The Bertz CT molecular complexity index is 600. The molecule has 98 valence electrons. The molecule has 0 N–H and O–H groups in total. The lowest BCUT2D eigenvalue weighted by Gasteiger charge is -2.21. The minimum absolute atomic E-state index is 0.688. The van der Waals surface area contributed by atoms with Crippen LogP contribution in [0.4, 0.5) is 5.82 Å². The Morgan fingerprint density at radius 3 is 3.00 bits per heavy atom. The molecule has 19 heavy (non-hydrogen) atoms. The molecule has 0 fully saturated rings. The second kappa shape index (κ2) is 5.21. The van der Waals surface area contributed by atoms with Gasteiger partial charge in [0.1, 0.15) is 18.2 Å². The van der Waals surface area contributed by atoms with Crippen molar-refractivity contribution >= 4 is 21.7 Å². The van der Waals surface area contributed by atoms with Crippen LogP contribution < -0.4 is 9.64 Å². The molecule has 1 aromatic carbocycles. The second-order valence-corrected chi connectivity index (χ2v) is 5.52. The zero-order valence-electron chi connectivity index (χ0n) is 10.8. The number of ether oxygens (including phenoxy) is 1. The molecule has 0 aliphatic carbocycles. The molecule has 0 amide bonds. The predicted octanol–water partition coefficient (Wildman–Crippen LogP) is 3.55. The van der Waals surface area contributed by atoms with Gasteiger partial charge in [-0.3, -0.25) is 0 Å². The normalized spacial score (nSPS) is 14.5. The van der Waals surface area contributed by atoms with Gasteiger partial charge in [-0.1, -0.05) is 18.2 Å². The van der Waals surface area contributed by atoms with Crippen LogP contribution in [0.15, 0.2) is 41.0 Å². The van der Waals surface area contributed by atoms with E-state index in [4.69, 9.17) is 4.74 Å². The zero-order valence-corrected chi connectivity index (χ0v) is 12.4. The lowest BCUT2D eigenvalue weighted by atomic mass is 10.2. The van der Waals surface area contributed by atoms with Crippen LogP contribution >= 0.6 is 15.9 Å². The smallest absolute Gasteiger partial charge is 0.129 e. The molecule has 2 aromatic rings. The zero-order chi connectivity index (χ0) is 13.2. The number of hydrogen-bond donors (Lipinski definition) is 0. The molecule has 1 aliphatic heterocycles. The monoisotopic (exact) mass is 318 g/mol. The van der Waals surface area contributed by atoms with Crippen LogP contribution in [-0.4, -0.2) is 18.1 Å². The third-order valence-corrected chi connectivity index (χ3v) is 4.14. The fraction of sp³-hybridized carbons (Fsp3) is 0.267. The van der Waals surface area contributed by atoms with E-state index >= 15 is 0 Å². The maximum Gasteiger partial charge on any atom is 0.129 e. The van der Waals surface area contributed by atoms with Gasteiger partial charge in [0, 0.05) is 22.8 Å². The molecular formula is C15H15BrN2O. The summed E-state index contributed by atoms with van der Waals surface area (Å²) in [4.78, 5) is 6.76. The third-order valence-electron chi connectivity index (χ3n) is 3.31. The van der Waals surface area contributed by atoms with E-state index in [2.05, 4.69) is 44.9 Å². The highest BCUT2D eigenvalue weighted by Crippen LogP contribution is 2.26. The maximum atomic E-state index is 5.78. The summed E-state index contributed by atoms with van der Waals surface area (Å²) < 4.78 is 6.82. The first-order chi connectivity index (χ1) is 9.24. The van der Waals surface area contributed by atoms with Gasteiger partial charge in [0.15, 0.2) is 0 Å². The summed E-state index contributed by atoms with van der Waals surface area (Å²) in [7, 11) is 0. The Labute approximate surface area is 121 Å². The minimum Gasteiger partial charge on any atom is -0.491 e. The highest BCUT2D eigenvalue weighted by molar-refractivity contribution is 9.10. The van der Waals surface area contributed by atoms with Gasteiger partial charge in [-0.05, 0) is 40.5 Å². The summed E-state index contributed by atoms with van der Waals surface area (Å²) in [5.74, 6) is 1.99. The molecule has 1 aliphatic rings. The van der Waals surface area contributed by atoms with E-state index in [9.17, 15) is 0 Å². The number of fused-ring (bicyclic) bond motifs is 1. The molecule has 0 spiro atoms. The number of anilines is 1. The molecule has 0 bridgehead atoms. The first kappa shape index (κ1) is 12.5. The number of rotatable bonds is 1. The van der Waals surface area contributed by atoms with E-state index in [1.807, 2.05) is 24.4 Å². The molecule has 1 aromatic heterocycles. The van der Waals surface area contributed by atoms with E-state index in [-0.39, 0.29) is 0 Å². The largest absolute Gasteiger partial charge is 0.491 e. The standard InChI is InChI=1S/C15H15BrN2O/c1-11-8-15(17-9-13(11)16)18-6-7-19-14-5-3-2-4-12(14)10-18/h2-5,8-9H,6-7,10H2,1H3. The van der Waals surface area contributed by atoms with Gasteiger partial charge in [0.05, 0.1) is 6.54 Å². The Kier molecular flexibility index (Phi) is 3.42. The summed E-state index contributed by atoms with van der Waals surface area (Å²) >= 11 is 3.49. The van der Waals surface area contributed by atoms with Gasteiger partial charge >= 0.3 is 0 Å². The topological polar surface area (TPSA) is 25.4 Å². The quantitative estimate of drug-likeness (QED) is 0.804. The average molecular weight is 319 g/mol. The number of para-hydroxylation sites is 1. The fourth-order valence-corrected chi connectivity index (χ4v) is 2.44. The van der Waals surface area contributed by atoms with Crippen molar-refractivity contribution < 1.29 is 4.74 Å². The van der Waals surface area contributed by atoms with Crippen LogP contribution in [0.25, 0.3) is 0 Å². The van der Waals surface area contributed by atoms with E-state index in [1.165, 1.54) is 11.1 Å². The fourth-order valence-electron chi connectivity index (χ4n) is 2.22. The molecule has 4 heteroatoms. The second-order valence-electron chi connectivity index (χ2n) is 4.67. The third kappa shape index (κ3) is 2.59. The lowest BCUT2D eigenvalue weighted by molar-refractivity contribution is 0.331. The first-order valence-corrected chi connectivity index (χ1v) is 7.11. The Morgan fingerprint density at radius 1 is 1.32 bits per heavy atom. The van der Waals surface area contributed by atoms with E-state index < -0.39 is 0 Å². The molecule has 0 radical (unpaired) electrons. The van der Waals surface area contributed by atoms with Crippen molar-refractivity contribution in [2.75, 3.05) is 18.1 Å². The summed E-state index contributed by atoms with van der Waals surface area (Å²) in [6.45, 7) is 4.46. The van der Waals surface area contributed by atoms with Crippen molar-refractivity contribution in [3.8, 4) is 5.75 Å². The van der Waals surface area contributed by atoms with Crippen LogP contribution in [0.2, 0.25) is 0 Å². The van der Waals surface area contributed by atoms with Gasteiger partial charge in [0.2, 0.25) is 0 Å². The number of hydrogen-bond acceptors (Lipinski definition) is 3. The van der Waals surface area contributed by atoms with Crippen molar-refractivity contribution in [2.45, 2.75) is 13.5 Å². The van der Waals surface area contributed by atoms with Crippen molar-refractivity contribution in [3.05, 3.63) is 52.1 Å². The number of benzene rings is 1. The van der Waals surface area contributed by atoms with Crippen molar-refractivity contribution in [1.29, 1.82) is 0 Å². The van der Waals surface area contributed by atoms with Gasteiger partial charge in [-0.15, -0.1) is 0 Å². The summed E-state index contributed by atoms with van der Waals surface area (Å²) in [6.07, 6.45) is 1.86. The number of nitrogens with zero attached hydrogens (tertiary/aromatic N) is 2. The van der Waals surface area contributed by atoms with Crippen molar-refractivity contribution in [2.24, 2.45) is 0 Å². The molecule has 0 unspecified atom stereocenters. The Hall–Kier alpha value is -1.55. The number of aryl methyl sites for hydroxylation is 1. The predicted molar refractivity (Wildman–Crippen MR) is 79.7 cm³/mol. The summed E-state index contributed by atoms with van der Waals surface area (Å²) in [6, 6.07) is 10.3. The molecule has 2 heterocycles. The molecular weight excluding hydrogens is 304 g/mol. The highest BCUT2D eigenvalue weighted by atomic mass is 79.9. The highest BCUT2D eigenvalue weighted by Gasteiger charge is 2.16. The lowest BCUT2D eigenvalue weighted by Crippen LogP contribution is -2.26. The van der Waals surface area contributed by atoms with Gasteiger partial charge < -0.3 is 9.64 Å². The summed E-state index contributed by atoms with van der Waals surface area (Å²) in [5, 5.41) is 0. The summed E-state index contributed by atoms with van der Waals surface area (Å²) in [5.41, 5.74) is 2.41. The van der Waals surface area contributed by atoms with Crippen molar-refractivity contribution in [3.63, 3.8) is 0 Å². The minimum atomic E-state index is 0.688. The molecule has 0 saturated heterocycles. The van der Waals surface area contributed by atoms with Crippen molar-refractivity contribution in [1.82, 2.24) is 4.98 Å². The van der Waals surface area contributed by atoms with Gasteiger partial charge in [-0.2, -0.15) is 0 Å². The van der Waals surface area contributed by atoms with Gasteiger partial charge in [0.25, 0.3) is 0 Å². The van der Waals surface area contributed by atoms with E-state index in [0.717, 1.165) is 29.1 Å². The number of pyridine rings is 1. The van der Waals surface area contributed by atoms with Crippen LogP contribution in [0.1, 0.15) is 11.1 Å². The average Bonchev–Trinajstić information content (AvgIpc) is 2.64. The molecule has 0 atom stereocenters. The van der Waals surface area contributed by atoms with E-state index in [1.54, 1.807) is 0 Å². The van der Waals surface area contributed by atoms with Crippen LogP contribution in [0, 0.1) is 6.92 Å². The first-order valence-electron chi connectivity index (χ1n) is 6.32. The SMILES string of the molecule is Cc1cc(N2CCOc3ccccc3C2)ncc1Br. The number of aromatic nitrogens is 1.